The van der Waals surface area contributed by atoms with Gasteiger partial charge in [0.25, 0.3) is 0 Å². The van der Waals surface area contributed by atoms with Gasteiger partial charge in [0.1, 0.15) is 6.04 Å². The van der Waals surface area contributed by atoms with Crippen molar-refractivity contribution in [3.63, 3.8) is 0 Å². The van der Waals surface area contributed by atoms with Crippen molar-refractivity contribution in [2.45, 2.75) is 13.0 Å². The van der Waals surface area contributed by atoms with E-state index in [-0.39, 0.29) is 11.9 Å². The van der Waals surface area contributed by atoms with Crippen LogP contribution in [0.1, 0.15) is 5.56 Å². The van der Waals surface area contributed by atoms with Crippen molar-refractivity contribution >= 4 is 27.5 Å². The first-order valence-electron chi connectivity index (χ1n) is 4.42. The van der Waals surface area contributed by atoms with E-state index in [4.69, 9.17) is 5.73 Å². The van der Waals surface area contributed by atoms with Crippen molar-refractivity contribution in [1.29, 1.82) is 0 Å². The van der Waals surface area contributed by atoms with E-state index in [0.29, 0.717) is 6.54 Å². The lowest BCUT2D eigenvalue weighted by atomic mass is 10.1. The van der Waals surface area contributed by atoms with E-state index in [9.17, 15) is 4.79 Å². The fraction of sp³-hybridized carbons (Fsp3) is 0.300. The van der Waals surface area contributed by atoms with Crippen LogP contribution in [-0.4, -0.2) is 18.5 Å². The summed E-state index contributed by atoms with van der Waals surface area (Å²) in [5, 5.41) is 0. The molecule has 2 rings (SSSR count). The summed E-state index contributed by atoms with van der Waals surface area (Å²) in [6.45, 7) is 2.62. The smallest absolute Gasteiger partial charge is 0.245 e. The molecule has 1 heterocycles. The van der Waals surface area contributed by atoms with Crippen LogP contribution in [-0.2, 0) is 4.79 Å². The molecule has 3 nitrogen and oxygen atoms in total. The van der Waals surface area contributed by atoms with Crippen molar-refractivity contribution in [2.75, 3.05) is 11.4 Å². The van der Waals surface area contributed by atoms with Gasteiger partial charge in [-0.15, -0.1) is 0 Å². The maximum Gasteiger partial charge on any atom is 0.245 e. The first kappa shape index (κ1) is 9.68. The standard InChI is InChI=1S/C10H11BrN2O/c1-6-2-7(11)4-8(3-6)13-5-9(12)10(13)14/h2-4,9H,5,12H2,1H3. The molecule has 0 aliphatic carbocycles. The zero-order valence-corrected chi connectivity index (χ0v) is 9.41. The van der Waals surface area contributed by atoms with Gasteiger partial charge in [0.2, 0.25) is 5.91 Å². The number of carbonyl (C=O) groups excluding carboxylic acids is 1. The number of rotatable bonds is 1. The van der Waals surface area contributed by atoms with Gasteiger partial charge >= 0.3 is 0 Å². The molecule has 1 unspecified atom stereocenters. The topological polar surface area (TPSA) is 46.3 Å². The maximum atomic E-state index is 11.4. The summed E-state index contributed by atoms with van der Waals surface area (Å²) in [6.07, 6.45) is 0. The number of halogens is 1. The predicted molar refractivity (Wildman–Crippen MR) is 59.2 cm³/mol. The second-order valence-corrected chi connectivity index (χ2v) is 4.46. The molecule has 4 heteroatoms. The van der Waals surface area contributed by atoms with Gasteiger partial charge in [0, 0.05) is 10.2 Å². The Bertz CT molecular complexity index is 371. The quantitative estimate of drug-likeness (QED) is 0.771. The summed E-state index contributed by atoms with van der Waals surface area (Å²) in [5.41, 5.74) is 7.57. The fourth-order valence-electron chi connectivity index (χ4n) is 1.56. The molecule has 0 saturated carbocycles. The third-order valence-electron chi connectivity index (χ3n) is 2.30. The van der Waals surface area contributed by atoms with Gasteiger partial charge in [0.15, 0.2) is 0 Å². The Morgan fingerprint density at radius 1 is 1.50 bits per heavy atom. The molecule has 2 N–H and O–H groups in total. The van der Waals surface area contributed by atoms with E-state index in [2.05, 4.69) is 15.9 Å². The van der Waals surface area contributed by atoms with Crippen LogP contribution in [0.4, 0.5) is 5.69 Å². The van der Waals surface area contributed by atoms with Gasteiger partial charge in [-0.25, -0.2) is 0 Å². The normalized spacial score (nSPS) is 20.9. The Morgan fingerprint density at radius 3 is 2.71 bits per heavy atom. The second kappa shape index (κ2) is 3.37. The van der Waals surface area contributed by atoms with Crippen molar-refractivity contribution < 1.29 is 4.79 Å². The molecule has 1 fully saturated rings. The Kier molecular flexibility index (Phi) is 2.33. The van der Waals surface area contributed by atoms with Gasteiger partial charge in [-0.1, -0.05) is 15.9 Å². The number of β-lactam (4-membered cyclic amide) rings is 1. The largest absolute Gasteiger partial charge is 0.318 e. The zero-order valence-electron chi connectivity index (χ0n) is 7.83. The average Bonchev–Trinajstić information content (AvgIpc) is 2.11. The molecule has 0 bridgehead atoms. The van der Waals surface area contributed by atoms with E-state index in [1.807, 2.05) is 25.1 Å². The van der Waals surface area contributed by atoms with Crippen LogP contribution >= 0.6 is 15.9 Å². The molecule has 1 aromatic rings. The van der Waals surface area contributed by atoms with Crippen LogP contribution in [0.15, 0.2) is 22.7 Å². The summed E-state index contributed by atoms with van der Waals surface area (Å²) in [6, 6.07) is 5.60. The lowest BCUT2D eigenvalue weighted by Crippen LogP contribution is -2.61. The Labute approximate surface area is 91.0 Å². The Hall–Kier alpha value is -0.870. The molecule has 1 amide bonds. The van der Waals surface area contributed by atoms with E-state index in [0.717, 1.165) is 15.7 Å². The summed E-state index contributed by atoms with van der Waals surface area (Å²) in [4.78, 5) is 13.1. The molecule has 14 heavy (non-hydrogen) atoms. The molecule has 0 radical (unpaired) electrons. The van der Waals surface area contributed by atoms with Crippen molar-refractivity contribution in [3.8, 4) is 0 Å². The summed E-state index contributed by atoms with van der Waals surface area (Å²) >= 11 is 3.40. The zero-order chi connectivity index (χ0) is 10.3. The van der Waals surface area contributed by atoms with Crippen LogP contribution in [0.5, 0.6) is 0 Å². The fourth-order valence-corrected chi connectivity index (χ4v) is 2.15. The van der Waals surface area contributed by atoms with Crippen LogP contribution in [0.3, 0.4) is 0 Å². The molecule has 1 atom stereocenters. The highest BCUT2D eigenvalue weighted by Crippen LogP contribution is 2.26. The number of hydrogen-bond acceptors (Lipinski definition) is 2. The molecule has 0 spiro atoms. The lowest BCUT2D eigenvalue weighted by Gasteiger charge is -2.36. The SMILES string of the molecule is Cc1cc(Br)cc(N2CC(N)C2=O)c1. The van der Waals surface area contributed by atoms with Crippen molar-refractivity contribution in [2.24, 2.45) is 5.73 Å². The van der Waals surface area contributed by atoms with Crippen LogP contribution in [0.2, 0.25) is 0 Å². The molecule has 1 saturated heterocycles. The van der Waals surface area contributed by atoms with E-state index >= 15 is 0 Å². The van der Waals surface area contributed by atoms with Gasteiger partial charge in [-0.3, -0.25) is 4.79 Å². The highest BCUT2D eigenvalue weighted by molar-refractivity contribution is 9.10. The first-order chi connectivity index (χ1) is 6.58. The molecule has 74 valence electrons. The van der Waals surface area contributed by atoms with Gasteiger partial charge < -0.3 is 10.6 Å². The highest BCUT2D eigenvalue weighted by atomic mass is 79.9. The maximum absolute atomic E-state index is 11.4. The molecule has 1 aliphatic heterocycles. The number of benzene rings is 1. The summed E-state index contributed by atoms with van der Waals surface area (Å²) in [7, 11) is 0. The minimum absolute atomic E-state index is 0.00231. The number of anilines is 1. The lowest BCUT2D eigenvalue weighted by molar-refractivity contribution is -0.123. The third kappa shape index (κ3) is 1.55. The third-order valence-corrected chi connectivity index (χ3v) is 2.76. The molecule has 1 aliphatic rings. The number of nitrogens with zero attached hydrogens (tertiary/aromatic N) is 1. The molecule has 0 aromatic heterocycles. The minimum atomic E-state index is -0.311. The first-order valence-corrected chi connectivity index (χ1v) is 5.21. The van der Waals surface area contributed by atoms with E-state index < -0.39 is 0 Å². The summed E-state index contributed by atoms with van der Waals surface area (Å²) in [5.74, 6) is 0.00231. The number of carbonyl (C=O) groups is 1. The molecule has 1 aromatic carbocycles. The van der Waals surface area contributed by atoms with Crippen LogP contribution in [0, 0.1) is 6.92 Å². The predicted octanol–water partition coefficient (Wildman–Crippen LogP) is 1.43. The Balaban J connectivity index is 2.29. The minimum Gasteiger partial charge on any atom is -0.318 e. The highest BCUT2D eigenvalue weighted by Gasteiger charge is 2.34. The van der Waals surface area contributed by atoms with Crippen molar-refractivity contribution in [1.82, 2.24) is 0 Å². The van der Waals surface area contributed by atoms with Gasteiger partial charge in [-0.05, 0) is 30.7 Å². The number of nitrogens with two attached hydrogens (primary N) is 1. The Morgan fingerprint density at radius 2 is 2.21 bits per heavy atom. The summed E-state index contributed by atoms with van der Waals surface area (Å²) < 4.78 is 0.987. The van der Waals surface area contributed by atoms with E-state index in [1.165, 1.54) is 0 Å². The van der Waals surface area contributed by atoms with Gasteiger partial charge in [0.05, 0.1) is 6.54 Å². The van der Waals surface area contributed by atoms with Crippen LogP contribution < -0.4 is 10.6 Å². The van der Waals surface area contributed by atoms with Gasteiger partial charge in [-0.2, -0.15) is 0 Å². The van der Waals surface area contributed by atoms with Crippen LogP contribution in [0.25, 0.3) is 0 Å². The number of amides is 1. The molecular formula is C10H11BrN2O. The number of aryl methyl sites for hydroxylation is 1. The van der Waals surface area contributed by atoms with Crippen molar-refractivity contribution in [3.05, 3.63) is 28.2 Å². The number of hydrogen-bond donors (Lipinski definition) is 1. The molecular weight excluding hydrogens is 244 g/mol. The monoisotopic (exact) mass is 254 g/mol. The van der Waals surface area contributed by atoms with E-state index in [1.54, 1.807) is 4.90 Å². The second-order valence-electron chi connectivity index (χ2n) is 3.54. The average molecular weight is 255 g/mol.